The summed E-state index contributed by atoms with van der Waals surface area (Å²) in [4.78, 5) is 17.1. The standard InChI is InChI=1S/C23H32ClFN2O4S/c24-18-4-6-19(7-5-18)32(29,30)23(9-12-31-13-10-23)17-3-8-21(20(25)14-17)27-22(28)16-2-1-11-26-15-16/h1-2,6,11,15,17-18,20-21,29-30H,3-5,7-10,12-14H2,(H,27,28). The molecule has 178 valence electrons. The van der Waals surface area contributed by atoms with Gasteiger partial charge in [-0.1, -0.05) is 6.08 Å². The van der Waals surface area contributed by atoms with Crippen molar-refractivity contribution in [2.24, 2.45) is 5.92 Å². The molecule has 2 heterocycles. The van der Waals surface area contributed by atoms with Gasteiger partial charge in [-0.3, -0.25) is 18.9 Å². The third-order valence-electron chi connectivity index (χ3n) is 7.33. The van der Waals surface area contributed by atoms with Gasteiger partial charge in [0.05, 0.1) is 16.4 Å². The van der Waals surface area contributed by atoms with E-state index >= 15 is 4.39 Å². The van der Waals surface area contributed by atoms with E-state index in [0.29, 0.717) is 68.6 Å². The number of nitrogens with zero attached hydrogens (tertiary/aromatic N) is 1. The van der Waals surface area contributed by atoms with E-state index in [1.54, 1.807) is 18.3 Å². The maximum absolute atomic E-state index is 15.3. The summed E-state index contributed by atoms with van der Waals surface area (Å²) in [6.07, 6.45) is 7.86. The van der Waals surface area contributed by atoms with E-state index in [1.807, 2.05) is 6.08 Å². The minimum absolute atomic E-state index is 0.0219. The van der Waals surface area contributed by atoms with E-state index in [0.717, 1.165) is 0 Å². The summed E-state index contributed by atoms with van der Waals surface area (Å²) in [5, 5.41) is 2.83. The van der Waals surface area contributed by atoms with Gasteiger partial charge in [0, 0.05) is 35.9 Å². The molecule has 1 aromatic rings. The molecular weight excluding hydrogens is 455 g/mol. The Balaban J connectivity index is 1.50. The first-order chi connectivity index (χ1) is 15.3. The van der Waals surface area contributed by atoms with Crippen molar-refractivity contribution in [3.05, 3.63) is 41.1 Å². The average Bonchev–Trinajstić information content (AvgIpc) is 2.81. The van der Waals surface area contributed by atoms with E-state index in [9.17, 15) is 13.9 Å². The number of halogens is 2. The molecule has 32 heavy (non-hydrogen) atoms. The van der Waals surface area contributed by atoms with Crippen LogP contribution in [0.15, 0.2) is 35.5 Å². The smallest absolute Gasteiger partial charge is 0.253 e. The lowest BCUT2D eigenvalue weighted by atomic mass is 9.73. The number of hydrogen-bond donors (Lipinski definition) is 3. The van der Waals surface area contributed by atoms with E-state index in [1.165, 1.54) is 6.20 Å². The minimum Gasteiger partial charge on any atom is -0.381 e. The van der Waals surface area contributed by atoms with Gasteiger partial charge in [-0.25, -0.2) is 4.39 Å². The summed E-state index contributed by atoms with van der Waals surface area (Å²) < 4.78 is 43.2. The fourth-order valence-corrected chi connectivity index (χ4v) is 8.31. The van der Waals surface area contributed by atoms with Crippen LogP contribution in [0.1, 0.15) is 61.7 Å². The van der Waals surface area contributed by atoms with Crippen LogP contribution < -0.4 is 5.32 Å². The third-order valence-corrected chi connectivity index (χ3v) is 10.7. The van der Waals surface area contributed by atoms with Crippen molar-refractivity contribution >= 4 is 28.1 Å². The molecule has 1 aromatic heterocycles. The van der Waals surface area contributed by atoms with Crippen LogP contribution in [0.25, 0.3) is 0 Å². The monoisotopic (exact) mass is 486 g/mol. The first-order valence-electron chi connectivity index (χ1n) is 11.4. The molecule has 1 amide bonds. The molecule has 3 N–H and O–H groups in total. The Hall–Kier alpha value is -1.19. The van der Waals surface area contributed by atoms with Gasteiger partial charge in [0.15, 0.2) is 0 Å². The topological polar surface area (TPSA) is 91.7 Å². The molecule has 4 atom stereocenters. The van der Waals surface area contributed by atoms with Crippen LogP contribution in [0.2, 0.25) is 0 Å². The van der Waals surface area contributed by atoms with Crippen molar-refractivity contribution in [3.63, 3.8) is 0 Å². The van der Waals surface area contributed by atoms with E-state index in [2.05, 4.69) is 10.3 Å². The van der Waals surface area contributed by atoms with Gasteiger partial charge >= 0.3 is 0 Å². The van der Waals surface area contributed by atoms with Crippen molar-refractivity contribution in [2.75, 3.05) is 13.2 Å². The first-order valence-corrected chi connectivity index (χ1v) is 13.4. The molecule has 4 rings (SSSR count). The fourth-order valence-electron chi connectivity index (χ4n) is 5.44. The fraction of sp³-hybridized carbons (Fsp3) is 0.652. The summed E-state index contributed by atoms with van der Waals surface area (Å²) in [7, 11) is -3.12. The molecule has 9 heteroatoms. The second-order valence-corrected chi connectivity index (χ2v) is 12.2. The van der Waals surface area contributed by atoms with Crippen LogP contribution in [0.3, 0.4) is 0 Å². The number of aromatic nitrogens is 1. The van der Waals surface area contributed by atoms with Crippen molar-refractivity contribution in [1.29, 1.82) is 0 Å². The second kappa shape index (κ2) is 9.97. The molecule has 1 aliphatic heterocycles. The Kier molecular flexibility index (Phi) is 7.46. The molecular formula is C23H32ClFN2O4S. The summed E-state index contributed by atoms with van der Waals surface area (Å²) in [5.41, 5.74) is 0.402. The number of hydrogen-bond acceptors (Lipinski definition) is 5. The molecule has 2 fully saturated rings. The normalized spacial score (nSPS) is 31.4. The largest absolute Gasteiger partial charge is 0.381 e. The molecule has 0 spiro atoms. The van der Waals surface area contributed by atoms with Crippen LogP contribution in [-0.2, 0) is 4.74 Å². The van der Waals surface area contributed by atoms with E-state index in [4.69, 9.17) is 16.3 Å². The van der Waals surface area contributed by atoms with Gasteiger partial charge in [-0.15, -0.1) is 11.6 Å². The highest BCUT2D eigenvalue weighted by Gasteiger charge is 2.54. The lowest BCUT2D eigenvalue weighted by Crippen LogP contribution is -2.53. The first kappa shape index (κ1) is 24.0. The Bertz CT molecular complexity index is 835. The predicted octanol–water partition coefficient (Wildman–Crippen LogP) is 5.29. The number of rotatable bonds is 5. The Morgan fingerprint density at radius 2 is 2.06 bits per heavy atom. The van der Waals surface area contributed by atoms with Crippen LogP contribution in [0.5, 0.6) is 0 Å². The second-order valence-electron chi connectivity index (χ2n) is 9.12. The van der Waals surface area contributed by atoms with Crippen LogP contribution in [0, 0.1) is 5.92 Å². The Morgan fingerprint density at radius 3 is 2.69 bits per heavy atom. The van der Waals surface area contributed by atoms with Crippen LogP contribution in [0.4, 0.5) is 4.39 Å². The summed E-state index contributed by atoms with van der Waals surface area (Å²) in [5.74, 6) is -0.523. The zero-order valence-corrected chi connectivity index (χ0v) is 19.7. The summed E-state index contributed by atoms with van der Waals surface area (Å²) >= 11 is 6.22. The quantitative estimate of drug-likeness (QED) is 0.491. The van der Waals surface area contributed by atoms with Gasteiger partial charge in [0.25, 0.3) is 5.91 Å². The summed E-state index contributed by atoms with van der Waals surface area (Å²) in [6.45, 7) is 0.881. The zero-order valence-electron chi connectivity index (χ0n) is 18.1. The highest BCUT2D eigenvalue weighted by Crippen LogP contribution is 2.68. The molecule has 1 saturated heterocycles. The number of pyridine rings is 1. The lowest BCUT2D eigenvalue weighted by Gasteiger charge is -2.59. The molecule has 0 radical (unpaired) electrons. The van der Waals surface area contributed by atoms with Crippen molar-refractivity contribution in [3.8, 4) is 0 Å². The maximum Gasteiger partial charge on any atom is 0.253 e. The molecule has 0 bridgehead atoms. The number of carbonyl (C=O) groups is 1. The van der Waals surface area contributed by atoms with Gasteiger partial charge in [-0.2, -0.15) is 10.6 Å². The third kappa shape index (κ3) is 4.71. The average molecular weight is 487 g/mol. The number of amides is 1. The maximum atomic E-state index is 15.3. The Labute approximate surface area is 195 Å². The number of ether oxygens (including phenoxy) is 1. The number of nitrogens with one attached hydrogen (secondary N) is 1. The number of carbonyl (C=O) groups excluding carboxylic acids is 1. The molecule has 0 aromatic carbocycles. The Morgan fingerprint density at radius 1 is 1.28 bits per heavy atom. The molecule has 6 nitrogen and oxygen atoms in total. The van der Waals surface area contributed by atoms with Crippen molar-refractivity contribution in [2.45, 2.75) is 73.7 Å². The summed E-state index contributed by atoms with van der Waals surface area (Å²) in [6, 6.07) is 2.73. The van der Waals surface area contributed by atoms with Crippen LogP contribution >= 0.6 is 22.2 Å². The van der Waals surface area contributed by atoms with Crippen molar-refractivity contribution in [1.82, 2.24) is 10.3 Å². The van der Waals surface area contributed by atoms with Gasteiger partial charge < -0.3 is 10.1 Å². The molecule has 4 unspecified atom stereocenters. The van der Waals surface area contributed by atoms with E-state index < -0.39 is 27.6 Å². The molecule has 3 aliphatic rings. The van der Waals surface area contributed by atoms with Gasteiger partial charge in [0.2, 0.25) is 0 Å². The van der Waals surface area contributed by atoms with Gasteiger partial charge in [-0.05, 0) is 69.4 Å². The van der Waals surface area contributed by atoms with Gasteiger partial charge in [0.1, 0.15) is 6.17 Å². The lowest BCUT2D eigenvalue weighted by molar-refractivity contribution is 0.0324. The SMILES string of the molecule is O=C(NC1CCC(C2(S(O)(O)C3=CCC(Cl)CC3)CCOCC2)CC1F)c1cccnc1. The highest BCUT2D eigenvalue weighted by molar-refractivity contribution is 8.28. The molecule has 2 aliphatic carbocycles. The van der Waals surface area contributed by atoms with Crippen molar-refractivity contribution < 1.29 is 23.0 Å². The minimum atomic E-state index is -3.12. The van der Waals surface area contributed by atoms with E-state index in [-0.39, 0.29) is 23.6 Å². The van der Waals surface area contributed by atoms with Crippen LogP contribution in [-0.4, -0.2) is 55.5 Å². The predicted molar refractivity (Wildman–Crippen MR) is 125 cm³/mol. The number of alkyl halides is 2. The zero-order chi connectivity index (χ0) is 22.8. The molecule has 1 saturated carbocycles. The number of allylic oxidation sites excluding steroid dienone is 2. The highest BCUT2D eigenvalue weighted by atomic mass is 35.5.